The molecule has 0 aliphatic carbocycles. The number of rotatable bonds is 2. The van der Waals surface area contributed by atoms with Gasteiger partial charge >= 0.3 is 0 Å². The van der Waals surface area contributed by atoms with Crippen molar-refractivity contribution >= 4 is 23.2 Å². The fourth-order valence-electron chi connectivity index (χ4n) is 3.10. The summed E-state index contributed by atoms with van der Waals surface area (Å²) in [6.07, 6.45) is 0. The van der Waals surface area contributed by atoms with E-state index in [1.807, 2.05) is 13.8 Å². The topological polar surface area (TPSA) is 77.1 Å². The summed E-state index contributed by atoms with van der Waals surface area (Å²) in [6.45, 7) is 4.15. The van der Waals surface area contributed by atoms with Gasteiger partial charge in [0.15, 0.2) is 11.5 Å². The highest BCUT2D eigenvalue weighted by molar-refractivity contribution is 6.05. The summed E-state index contributed by atoms with van der Waals surface area (Å²) < 4.78 is 16.4. The number of carbonyl (C=O) groups excluding carboxylic acids is 2. The van der Waals surface area contributed by atoms with Crippen LogP contribution in [0.25, 0.3) is 0 Å². The normalized spacial score (nSPS) is 17.0. The van der Waals surface area contributed by atoms with Gasteiger partial charge in [-0.15, -0.1) is 0 Å². The van der Waals surface area contributed by atoms with Crippen molar-refractivity contribution in [1.29, 1.82) is 0 Å². The molecule has 2 aromatic carbocycles. The van der Waals surface area contributed by atoms with Crippen LogP contribution in [0.5, 0.6) is 17.2 Å². The van der Waals surface area contributed by atoms with E-state index in [0.717, 1.165) is 0 Å². The van der Waals surface area contributed by atoms with Crippen molar-refractivity contribution < 1.29 is 23.8 Å². The molecule has 0 atom stereocenters. The third-order valence-corrected chi connectivity index (χ3v) is 4.69. The number of fused-ring (bicyclic) bond motifs is 2. The number of hydrogen-bond acceptors (Lipinski definition) is 5. The maximum absolute atomic E-state index is 12.6. The molecule has 4 rings (SSSR count). The van der Waals surface area contributed by atoms with Crippen molar-refractivity contribution in [3.8, 4) is 17.2 Å². The molecule has 1 N–H and O–H groups in total. The van der Waals surface area contributed by atoms with Crippen molar-refractivity contribution in [2.24, 2.45) is 5.41 Å². The van der Waals surface area contributed by atoms with Gasteiger partial charge in [-0.2, -0.15) is 0 Å². The van der Waals surface area contributed by atoms with E-state index < -0.39 is 5.41 Å². The molecule has 2 heterocycles. The second-order valence-corrected chi connectivity index (χ2v) is 7.24. The van der Waals surface area contributed by atoms with Gasteiger partial charge in [0.2, 0.25) is 12.7 Å². The van der Waals surface area contributed by atoms with Crippen molar-refractivity contribution in [3.05, 3.63) is 42.0 Å². The van der Waals surface area contributed by atoms with E-state index in [2.05, 4.69) is 5.32 Å². The molecule has 0 aromatic heterocycles. The molecule has 7 nitrogen and oxygen atoms in total. The third kappa shape index (κ3) is 3.05. The Morgan fingerprint density at radius 1 is 1.04 bits per heavy atom. The fourth-order valence-corrected chi connectivity index (χ4v) is 3.10. The molecule has 27 heavy (non-hydrogen) atoms. The maximum Gasteiger partial charge on any atom is 0.255 e. The quantitative estimate of drug-likeness (QED) is 0.882. The average molecular weight is 368 g/mol. The standard InChI is InChI=1S/C20H20N2O5/c1-20(2)10-25-15-7-5-13(9-14(15)22(3)19(20)24)21-18(23)12-4-6-16-17(8-12)27-11-26-16/h4-9H,10-11H2,1-3H3,(H,21,23). The molecule has 7 heteroatoms. The summed E-state index contributed by atoms with van der Waals surface area (Å²) in [5, 5.41) is 2.85. The second kappa shape index (κ2) is 6.19. The van der Waals surface area contributed by atoms with Crippen LogP contribution >= 0.6 is 0 Å². The molecule has 0 bridgehead atoms. The number of amides is 2. The number of benzene rings is 2. The zero-order chi connectivity index (χ0) is 19.2. The molecule has 0 spiro atoms. The van der Waals surface area contributed by atoms with Gasteiger partial charge in [-0.25, -0.2) is 0 Å². The lowest BCUT2D eigenvalue weighted by Gasteiger charge is -2.24. The summed E-state index contributed by atoms with van der Waals surface area (Å²) in [6, 6.07) is 10.3. The third-order valence-electron chi connectivity index (χ3n) is 4.69. The molecule has 140 valence electrons. The van der Waals surface area contributed by atoms with Crippen LogP contribution in [0.15, 0.2) is 36.4 Å². The van der Waals surface area contributed by atoms with Gasteiger partial charge in [0.1, 0.15) is 12.4 Å². The second-order valence-electron chi connectivity index (χ2n) is 7.24. The highest BCUT2D eigenvalue weighted by atomic mass is 16.7. The minimum Gasteiger partial charge on any atom is -0.490 e. The summed E-state index contributed by atoms with van der Waals surface area (Å²) >= 11 is 0. The number of anilines is 2. The Balaban J connectivity index is 1.58. The fraction of sp³-hybridized carbons (Fsp3) is 0.300. The zero-order valence-electron chi connectivity index (χ0n) is 15.4. The molecule has 0 radical (unpaired) electrons. The number of nitrogens with one attached hydrogen (secondary N) is 1. The zero-order valence-corrected chi connectivity index (χ0v) is 15.4. The summed E-state index contributed by atoms with van der Waals surface area (Å²) in [5.74, 6) is 1.46. The van der Waals surface area contributed by atoms with Crippen LogP contribution in [0, 0.1) is 5.41 Å². The highest BCUT2D eigenvalue weighted by Gasteiger charge is 2.36. The average Bonchev–Trinajstić information content (AvgIpc) is 3.10. The molecule has 0 saturated heterocycles. The molecule has 2 aliphatic heterocycles. The molecule has 2 amide bonds. The van der Waals surface area contributed by atoms with Crippen LogP contribution in [0.1, 0.15) is 24.2 Å². The molecule has 0 fully saturated rings. The van der Waals surface area contributed by atoms with E-state index in [9.17, 15) is 9.59 Å². The van der Waals surface area contributed by atoms with E-state index in [1.54, 1.807) is 48.3 Å². The summed E-state index contributed by atoms with van der Waals surface area (Å²) in [4.78, 5) is 26.8. The van der Waals surface area contributed by atoms with Crippen LogP contribution in [0.2, 0.25) is 0 Å². The largest absolute Gasteiger partial charge is 0.490 e. The van der Waals surface area contributed by atoms with Gasteiger partial charge in [0.25, 0.3) is 5.91 Å². The number of ether oxygens (including phenoxy) is 3. The van der Waals surface area contributed by atoms with Crippen LogP contribution < -0.4 is 24.4 Å². The Bertz CT molecular complexity index is 938. The number of carbonyl (C=O) groups is 2. The first-order chi connectivity index (χ1) is 12.8. The minimum absolute atomic E-state index is 0.0412. The molecule has 2 aliphatic rings. The SMILES string of the molecule is CN1C(=O)C(C)(C)COc2ccc(NC(=O)c3ccc4c(c3)OCO4)cc21. The minimum atomic E-state index is -0.621. The van der Waals surface area contributed by atoms with Crippen molar-refractivity contribution in [1.82, 2.24) is 0 Å². The predicted octanol–water partition coefficient (Wildman–Crippen LogP) is 3.05. The Labute approximate surface area is 156 Å². The van der Waals surface area contributed by atoms with Gasteiger partial charge < -0.3 is 24.4 Å². The Morgan fingerprint density at radius 3 is 2.59 bits per heavy atom. The first-order valence-corrected chi connectivity index (χ1v) is 8.61. The summed E-state index contributed by atoms with van der Waals surface area (Å²) in [7, 11) is 1.71. The Kier molecular flexibility index (Phi) is 3.95. The van der Waals surface area contributed by atoms with E-state index in [0.29, 0.717) is 40.8 Å². The lowest BCUT2D eigenvalue weighted by molar-refractivity contribution is -0.127. The van der Waals surface area contributed by atoms with Crippen LogP contribution in [-0.4, -0.2) is 32.3 Å². The number of hydrogen-bond donors (Lipinski definition) is 1. The highest BCUT2D eigenvalue weighted by Crippen LogP contribution is 2.37. The van der Waals surface area contributed by atoms with Gasteiger partial charge in [0, 0.05) is 18.3 Å². The lowest BCUT2D eigenvalue weighted by atomic mass is 9.93. The maximum atomic E-state index is 12.6. The Morgan fingerprint density at radius 2 is 1.78 bits per heavy atom. The van der Waals surface area contributed by atoms with E-state index in [-0.39, 0.29) is 18.6 Å². The number of nitrogens with zero attached hydrogens (tertiary/aromatic N) is 1. The lowest BCUT2D eigenvalue weighted by Crippen LogP contribution is -2.39. The first kappa shape index (κ1) is 17.2. The van der Waals surface area contributed by atoms with Crippen LogP contribution in [0.4, 0.5) is 11.4 Å². The van der Waals surface area contributed by atoms with E-state index >= 15 is 0 Å². The van der Waals surface area contributed by atoms with Gasteiger partial charge in [-0.05, 0) is 50.2 Å². The van der Waals surface area contributed by atoms with E-state index in [1.165, 1.54) is 0 Å². The van der Waals surface area contributed by atoms with Crippen LogP contribution in [0.3, 0.4) is 0 Å². The monoisotopic (exact) mass is 368 g/mol. The first-order valence-electron chi connectivity index (χ1n) is 8.61. The predicted molar refractivity (Wildman–Crippen MR) is 99.6 cm³/mol. The molecule has 0 unspecified atom stereocenters. The van der Waals surface area contributed by atoms with Crippen molar-refractivity contribution in [2.75, 3.05) is 30.7 Å². The molecular weight excluding hydrogens is 348 g/mol. The molecular formula is C20H20N2O5. The summed E-state index contributed by atoms with van der Waals surface area (Å²) in [5.41, 5.74) is 1.02. The van der Waals surface area contributed by atoms with Crippen molar-refractivity contribution in [3.63, 3.8) is 0 Å². The molecule has 0 saturated carbocycles. The Hall–Kier alpha value is -3.22. The van der Waals surface area contributed by atoms with Crippen molar-refractivity contribution in [2.45, 2.75) is 13.8 Å². The molecule has 2 aromatic rings. The van der Waals surface area contributed by atoms with Crippen LogP contribution in [-0.2, 0) is 4.79 Å². The van der Waals surface area contributed by atoms with E-state index in [4.69, 9.17) is 14.2 Å². The smallest absolute Gasteiger partial charge is 0.255 e. The van der Waals surface area contributed by atoms with Gasteiger partial charge in [-0.3, -0.25) is 9.59 Å². The van der Waals surface area contributed by atoms with Gasteiger partial charge in [0.05, 0.1) is 11.1 Å². The van der Waals surface area contributed by atoms with Gasteiger partial charge in [-0.1, -0.05) is 0 Å².